The highest BCUT2D eigenvalue weighted by Gasteiger charge is 2.54. The molecule has 3 atom stereocenters. The summed E-state index contributed by atoms with van der Waals surface area (Å²) in [6.45, 7) is 0.362. The van der Waals surface area contributed by atoms with Crippen molar-refractivity contribution in [3.63, 3.8) is 0 Å². The largest absolute Gasteiger partial charge is 0.350 e. The van der Waals surface area contributed by atoms with Gasteiger partial charge in [-0.3, -0.25) is 14.5 Å². The highest BCUT2D eigenvalue weighted by Crippen LogP contribution is 2.38. The topological polar surface area (TPSA) is 85.0 Å². The fourth-order valence-corrected chi connectivity index (χ4v) is 5.30. The summed E-state index contributed by atoms with van der Waals surface area (Å²) in [6.07, 6.45) is 2.67. The minimum atomic E-state index is -0.691. The summed E-state index contributed by atoms with van der Waals surface area (Å²) in [5, 5.41) is 4.71. The van der Waals surface area contributed by atoms with Gasteiger partial charge in [-0.05, 0) is 48.2 Å². The molecule has 1 aliphatic carbocycles. The third-order valence-corrected chi connectivity index (χ3v) is 7.19. The molecule has 2 saturated heterocycles. The van der Waals surface area contributed by atoms with Crippen LogP contribution in [0, 0.1) is 11.7 Å². The number of benzene rings is 2. The number of hydrogen-bond donors (Lipinski definition) is 2. The first kappa shape index (κ1) is 23.6. The summed E-state index contributed by atoms with van der Waals surface area (Å²) in [6, 6.07) is 12.6. The van der Waals surface area contributed by atoms with Gasteiger partial charge in [-0.15, -0.1) is 0 Å². The van der Waals surface area contributed by atoms with Gasteiger partial charge in [0.05, 0.1) is 5.92 Å². The molecule has 0 radical (unpaired) electrons. The molecule has 3 fully saturated rings. The quantitative estimate of drug-likeness (QED) is 0.639. The molecule has 10 heteroatoms. The van der Waals surface area contributed by atoms with E-state index in [-0.39, 0.29) is 48.7 Å². The minimum absolute atomic E-state index is 0.0189. The summed E-state index contributed by atoms with van der Waals surface area (Å²) in [5.41, 5.74) is 4.74. The average Bonchev–Trinajstić information content (AvgIpc) is 3.18. The first-order chi connectivity index (χ1) is 16.9. The van der Waals surface area contributed by atoms with E-state index in [2.05, 4.69) is 10.7 Å². The number of hydrazine groups is 1. The number of hydrogen-bond acceptors (Lipinski definition) is 4. The number of urea groups is 1. The van der Waals surface area contributed by atoms with Crippen LogP contribution in [0.4, 0.5) is 9.18 Å². The van der Waals surface area contributed by atoms with Crippen molar-refractivity contribution in [2.24, 2.45) is 5.92 Å². The second-order valence-electron chi connectivity index (χ2n) is 9.23. The standard InChI is InChI=1S/C25H27ClFN5O3/c26-18-9-5-16(6-10-18)13-28-22(33)15-31-25(35)32-21-4-2-1-3-20(21)23(34)30(24(32)29-31)14-17-7-11-19(27)12-8-17/h5-12,20-21,24,29H,1-4,13-15H2,(H,28,33). The monoisotopic (exact) mass is 499 g/mol. The van der Waals surface area contributed by atoms with E-state index >= 15 is 0 Å². The van der Waals surface area contributed by atoms with Crippen LogP contribution in [0.5, 0.6) is 0 Å². The van der Waals surface area contributed by atoms with Gasteiger partial charge in [0.1, 0.15) is 12.4 Å². The summed E-state index contributed by atoms with van der Waals surface area (Å²) < 4.78 is 13.4. The maximum Gasteiger partial charge on any atom is 0.337 e. The summed E-state index contributed by atoms with van der Waals surface area (Å²) >= 11 is 5.90. The lowest BCUT2D eigenvalue weighted by Crippen LogP contribution is -2.65. The van der Waals surface area contributed by atoms with Gasteiger partial charge in [0.2, 0.25) is 11.8 Å². The average molecular weight is 500 g/mol. The lowest BCUT2D eigenvalue weighted by atomic mass is 9.81. The molecule has 0 aromatic heterocycles. The van der Waals surface area contributed by atoms with Crippen LogP contribution in [0.1, 0.15) is 36.8 Å². The number of carbonyl (C=O) groups excluding carboxylic acids is 3. The van der Waals surface area contributed by atoms with Gasteiger partial charge in [0.15, 0.2) is 6.29 Å². The SMILES string of the molecule is O=C(CN1NC2N(Cc3ccc(F)cc3)C(=O)C3CCCCC3N2C1=O)NCc1ccc(Cl)cc1. The molecule has 2 aliphatic heterocycles. The zero-order chi connectivity index (χ0) is 24.5. The zero-order valence-electron chi connectivity index (χ0n) is 19.1. The fraction of sp³-hybridized carbons (Fsp3) is 0.400. The van der Waals surface area contributed by atoms with E-state index in [0.29, 0.717) is 11.6 Å². The second kappa shape index (κ2) is 9.83. The van der Waals surface area contributed by atoms with Gasteiger partial charge in [-0.1, -0.05) is 48.7 Å². The number of nitrogens with one attached hydrogen (secondary N) is 2. The van der Waals surface area contributed by atoms with Crippen LogP contribution < -0.4 is 10.7 Å². The number of carbonyl (C=O) groups is 3. The number of nitrogens with zero attached hydrogens (tertiary/aromatic N) is 3. The molecule has 184 valence electrons. The fourth-order valence-electron chi connectivity index (χ4n) is 5.18. The van der Waals surface area contributed by atoms with Crippen molar-refractivity contribution in [3.05, 3.63) is 70.5 Å². The maximum atomic E-state index is 13.5. The summed E-state index contributed by atoms with van der Waals surface area (Å²) in [7, 11) is 0. The first-order valence-electron chi connectivity index (χ1n) is 11.8. The number of rotatable bonds is 6. The van der Waals surface area contributed by atoms with Crippen LogP contribution >= 0.6 is 11.6 Å². The Hall–Kier alpha value is -3.17. The molecular formula is C25H27ClFN5O3. The lowest BCUT2D eigenvalue weighted by molar-refractivity contribution is -0.157. The van der Waals surface area contributed by atoms with Crippen LogP contribution in [-0.2, 0) is 22.7 Å². The van der Waals surface area contributed by atoms with Crippen LogP contribution in [0.25, 0.3) is 0 Å². The van der Waals surface area contributed by atoms with Crippen LogP contribution in [0.2, 0.25) is 5.02 Å². The molecular weight excluding hydrogens is 473 g/mol. The van der Waals surface area contributed by atoms with Crippen LogP contribution in [-0.4, -0.2) is 51.5 Å². The van der Waals surface area contributed by atoms with E-state index in [4.69, 9.17) is 11.6 Å². The molecule has 3 aliphatic rings. The molecule has 5 rings (SSSR count). The highest BCUT2D eigenvalue weighted by molar-refractivity contribution is 6.30. The number of amides is 4. The van der Waals surface area contributed by atoms with Crippen molar-refractivity contribution in [1.29, 1.82) is 0 Å². The Kier molecular flexibility index (Phi) is 6.62. The van der Waals surface area contributed by atoms with E-state index in [1.807, 2.05) is 12.1 Å². The molecule has 2 N–H and O–H groups in total. The molecule has 4 amide bonds. The zero-order valence-corrected chi connectivity index (χ0v) is 19.9. The molecule has 2 aromatic carbocycles. The third kappa shape index (κ3) is 4.83. The van der Waals surface area contributed by atoms with Gasteiger partial charge in [0, 0.05) is 24.2 Å². The molecule has 2 heterocycles. The predicted octanol–water partition coefficient (Wildman–Crippen LogP) is 3.22. The molecule has 0 bridgehead atoms. The Balaban J connectivity index is 1.31. The summed E-state index contributed by atoms with van der Waals surface area (Å²) in [5.74, 6) is -0.964. The van der Waals surface area contributed by atoms with Gasteiger partial charge in [0.25, 0.3) is 0 Å². The van der Waals surface area contributed by atoms with Crippen LogP contribution in [0.3, 0.4) is 0 Å². The third-order valence-electron chi connectivity index (χ3n) is 6.94. The molecule has 2 aromatic rings. The van der Waals surface area contributed by atoms with Gasteiger partial charge in [-0.2, -0.15) is 5.43 Å². The molecule has 35 heavy (non-hydrogen) atoms. The smallest absolute Gasteiger partial charge is 0.337 e. The van der Waals surface area contributed by atoms with Crippen molar-refractivity contribution < 1.29 is 18.8 Å². The lowest BCUT2D eigenvalue weighted by Gasteiger charge is -2.48. The molecule has 0 spiro atoms. The molecule has 1 saturated carbocycles. The Morgan fingerprint density at radius 2 is 1.71 bits per heavy atom. The van der Waals surface area contributed by atoms with E-state index in [1.54, 1.807) is 34.1 Å². The summed E-state index contributed by atoms with van der Waals surface area (Å²) in [4.78, 5) is 42.8. The van der Waals surface area contributed by atoms with Crippen LogP contribution in [0.15, 0.2) is 48.5 Å². The molecule has 3 unspecified atom stereocenters. The Labute approximate surface area is 208 Å². The van der Waals surface area contributed by atoms with Crippen molar-refractivity contribution >= 4 is 29.4 Å². The predicted molar refractivity (Wildman–Crippen MR) is 127 cm³/mol. The highest BCUT2D eigenvalue weighted by atomic mass is 35.5. The van der Waals surface area contributed by atoms with Crippen molar-refractivity contribution in [3.8, 4) is 0 Å². The minimum Gasteiger partial charge on any atom is -0.350 e. The second-order valence-corrected chi connectivity index (χ2v) is 9.67. The number of fused-ring (bicyclic) bond motifs is 3. The molecule has 8 nitrogen and oxygen atoms in total. The van der Waals surface area contributed by atoms with Crippen molar-refractivity contribution in [1.82, 2.24) is 25.6 Å². The van der Waals surface area contributed by atoms with Crippen molar-refractivity contribution in [2.45, 2.75) is 51.1 Å². The maximum absolute atomic E-state index is 13.5. The van der Waals surface area contributed by atoms with Gasteiger partial charge in [-0.25, -0.2) is 14.2 Å². The van der Waals surface area contributed by atoms with Crippen molar-refractivity contribution in [2.75, 3.05) is 6.54 Å². The first-order valence-corrected chi connectivity index (χ1v) is 12.2. The van der Waals surface area contributed by atoms with E-state index in [9.17, 15) is 18.8 Å². The number of halogens is 2. The Morgan fingerprint density at radius 3 is 2.46 bits per heavy atom. The Morgan fingerprint density at radius 1 is 1.03 bits per heavy atom. The van der Waals surface area contributed by atoms with E-state index < -0.39 is 6.29 Å². The Bertz CT molecular complexity index is 1110. The van der Waals surface area contributed by atoms with E-state index in [1.165, 1.54) is 17.1 Å². The van der Waals surface area contributed by atoms with Gasteiger partial charge >= 0.3 is 6.03 Å². The normalized spacial score (nSPS) is 23.8. The van der Waals surface area contributed by atoms with Gasteiger partial charge < -0.3 is 10.2 Å². The van der Waals surface area contributed by atoms with E-state index in [0.717, 1.165) is 36.8 Å².